The summed E-state index contributed by atoms with van der Waals surface area (Å²) in [6, 6.07) is 8.18. The number of hydrogen-bond donors (Lipinski definition) is 0. The first-order valence-corrected chi connectivity index (χ1v) is 8.94. The fourth-order valence-electron chi connectivity index (χ4n) is 1.81. The van der Waals surface area contributed by atoms with Crippen LogP contribution in [-0.2, 0) is 9.59 Å². The van der Waals surface area contributed by atoms with Crippen LogP contribution in [0.4, 0.5) is 0 Å². The number of ketones is 2. The molecule has 0 amide bonds. The Hall–Kier alpha value is -2.70. The summed E-state index contributed by atoms with van der Waals surface area (Å²) in [4.78, 5) is 27.6. The van der Waals surface area contributed by atoms with Gasteiger partial charge in [-0.1, -0.05) is 23.2 Å². The molecular formula is C20H20Cl2N2O4. The molecule has 0 saturated carbocycles. The van der Waals surface area contributed by atoms with Crippen molar-refractivity contribution in [1.82, 2.24) is 0 Å². The first-order chi connectivity index (χ1) is 13.1. The van der Waals surface area contributed by atoms with E-state index in [2.05, 4.69) is 49.8 Å². The lowest BCUT2D eigenvalue weighted by atomic mass is 10.1. The number of nitrogens with one attached hydrogen (secondary N) is 2. The highest BCUT2D eigenvalue weighted by Gasteiger charge is 2.22. The van der Waals surface area contributed by atoms with Crippen LogP contribution in [0.2, 0.25) is 0 Å². The molecule has 0 aliphatic heterocycles. The maximum absolute atomic E-state index is 10.7. The van der Waals surface area contributed by atoms with Gasteiger partial charge in [0.25, 0.3) is 0 Å². The van der Waals surface area contributed by atoms with Crippen molar-refractivity contribution < 1.29 is 29.8 Å². The zero-order valence-corrected chi connectivity index (χ0v) is 17.4. The second kappa shape index (κ2) is 10.6. The molecule has 2 N–H and O–H groups in total. The van der Waals surface area contributed by atoms with Crippen molar-refractivity contribution in [3.8, 4) is 0 Å². The molecule has 0 bridgehead atoms. The van der Waals surface area contributed by atoms with Crippen LogP contribution in [0.15, 0.2) is 58.2 Å². The van der Waals surface area contributed by atoms with Gasteiger partial charge in [0.2, 0.25) is 0 Å². The van der Waals surface area contributed by atoms with Crippen LogP contribution in [0.5, 0.6) is 0 Å². The minimum absolute atomic E-state index is 0.894. The quantitative estimate of drug-likeness (QED) is 0.589. The maximum Gasteiger partial charge on any atom is 0.190 e. The minimum atomic E-state index is -1.23. The normalized spacial score (nSPS) is 13.5. The van der Waals surface area contributed by atoms with Gasteiger partial charge in [0.15, 0.2) is 35.3 Å². The van der Waals surface area contributed by atoms with Gasteiger partial charge in [0.05, 0.1) is 10.1 Å². The summed E-state index contributed by atoms with van der Waals surface area (Å²) in [5, 5.41) is 19.6. The fraction of sp³-hybridized carbons (Fsp3) is 0.200. The third-order valence-corrected chi connectivity index (χ3v) is 4.56. The summed E-state index contributed by atoms with van der Waals surface area (Å²) in [6.07, 6.45) is 3.87. The van der Waals surface area contributed by atoms with Gasteiger partial charge in [-0.2, -0.15) is 0 Å². The molecule has 1 aliphatic carbocycles. The van der Waals surface area contributed by atoms with Crippen molar-refractivity contribution in [2.24, 2.45) is 0 Å². The van der Waals surface area contributed by atoms with Gasteiger partial charge in [0.1, 0.15) is 0 Å². The summed E-state index contributed by atoms with van der Waals surface area (Å²) in [7, 11) is 0. The van der Waals surface area contributed by atoms with E-state index in [1.54, 1.807) is 0 Å². The van der Waals surface area contributed by atoms with Gasteiger partial charge in [-0.3, -0.25) is 9.59 Å². The van der Waals surface area contributed by atoms with E-state index < -0.39 is 33.1 Å². The Morgan fingerprint density at radius 3 is 1.25 bits per heavy atom. The molecule has 0 radical (unpaired) electrons. The SMILES string of the molecule is Cc1ccc[nH+]c1C.Cc1ccc[nH+]c1C.O=C1C([O-])=C(Cl)C(=O)C([O-])=C1Cl. The number of rotatable bonds is 0. The minimum Gasteiger partial charge on any atom is -0.869 e. The Morgan fingerprint density at radius 1 is 0.714 bits per heavy atom. The molecule has 3 rings (SSSR count). The number of aromatic nitrogens is 2. The zero-order valence-electron chi connectivity index (χ0n) is 15.9. The van der Waals surface area contributed by atoms with E-state index >= 15 is 0 Å². The number of pyridine rings is 2. The van der Waals surface area contributed by atoms with Crippen LogP contribution in [-0.4, -0.2) is 11.6 Å². The molecule has 148 valence electrons. The van der Waals surface area contributed by atoms with Crippen molar-refractivity contribution in [1.29, 1.82) is 0 Å². The maximum atomic E-state index is 10.7. The van der Waals surface area contributed by atoms with E-state index in [1.165, 1.54) is 22.5 Å². The number of halogens is 2. The molecule has 2 heterocycles. The van der Waals surface area contributed by atoms with Gasteiger partial charge >= 0.3 is 0 Å². The lowest BCUT2D eigenvalue weighted by molar-refractivity contribution is -0.388. The predicted molar refractivity (Wildman–Crippen MR) is 101 cm³/mol. The molecule has 0 spiro atoms. The molecule has 0 unspecified atom stereocenters. The lowest BCUT2D eigenvalue weighted by Crippen LogP contribution is -2.31. The average Bonchev–Trinajstić information content (AvgIpc) is 2.69. The largest absolute Gasteiger partial charge is 0.869 e. The van der Waals surface area contributed by atoms with Gasteiger partial charge in [-0.05, 0) is 37.5 Å². The molecule has 28 heavy (non-hydrogen) atoms. The van der Waals surface area contributed by atoms with Crippen LogP contribution < -0.4 is 20.2 Å². The molecule has 0 atom stereocenters. The van der Waals surface area contributed by atoms with Crippen molar-refractivity contribution in [2.45, 2.75) is 27.7 Å². The lowest BCUT2D eigenvalue weighted by Gasteiger charge is -2.23. The molecule has 0 saturated heterocycles. The van der Waals surface area contributed by atoms with Gasteiger partial charge < -0.3 is 10.2 Å². The van der Waals surface area contributed by atoms with E-state index in [9.17, 15) is 19.8 Å². The monoisotopic (exact) mass is 422 g/mol. The third kappa shape index (κ3) is 6.18. The number of H-pyrrole nitrogens is 2. The number of hydrogen-bond acceptors (Lipinski definition) is 4. The van der Waals surface area contributed by atoms with E-state index in [0.29, 0.717) is 0 Å². The number of aromatic amines is 2. The summed E-state index contributed by atoms with van der Waals surface area (Å²) in [5.41, 5.74) is 5.11. The highest BCUT2D eigenvalue weighted by atomic mass is 35.5. The van der Waals surface area contributed by atoms with E-state index in [-0.39, 0.29) is 0 Å². The zero-order chi connectivity index (χ0) is 21.4. The van der Waals surface area contributed by atoms with Crippen molar-refractivity contribution >= 4 is 34.8 Å². The Morgan fingerprint density at radius 2 is 1.04 bits per heavy atom. The number of carbonyl (C=O) groups excluding carboxylic acids is 2. The molecular weight excluding hydrogens is 403 g/mol. The summed E-state index contributed by atoms with van der Waals surface area (Å²) in [5.74, 6) is -4.92. The number of allylic oxidation sites excluding steroid dienone is 2. The molecule has 0 aromatic carbocycles. The van der Waals surface area contributed by atoms with Crippen LogP contribution in [0.3, 0.4) is 0 Å². The van der Waals surface area contributed by atoms with Crippen molar-refractivity contribution in [3.63, 3.8) is 0 Å². The second-order valence-corrected chi connectivity index (χ2v) is 6.66. The van der Waals surface area contributed by atoms with Gasteiger partial charge in [-0.25, -0.2) is 9.97 Å². The van der Waals surface area contributed by atoms with Crippen molar-refractivity contribution in [2.75, 3.05) is 0 Å². The van der Waals surface area contributed by atoms with E-state index in [1.807, 2.05) is 24.5 Å². The topological polar surface area (TPSA) is 109 Å². The summed E-state index contributed by atoms with van der Waals surface area (Å²) >= 11 is 10.2. The highest BCUT2D eigenvalue weighted by Crippen LogP contribution is 2.23. The highest BCUT2D eigenvalue weighted by molar-refractivity contribution is 6.55. The Bertz CT molecular complexity index is 805. The first-order valence-electron chi connectivity index (χ1n) is 8.18. The summed E-state index contributed by atoms with van der Waals surface area (Å²) in [6.45, 7) is 8.31. The third-order valence-electron chi connectivity index (χ3n) is 3.88. The molecule has 2 aromatic rings. The van der Waals surface area contributed by atoms with Gasteiger partial charge in [0, 0.05) is 37.1 Å². The standard InChI is InChI=1S/2C7H9N.C6H2Cl2O4/c2*1-6-4-3-5-8-7(6)2;7-1-3(9)5(11)2(8)6(12)4(1)10/h2*3-5H,1-2H3;9,12H. The number of aryl methyl sites for hydroxylation is 4. The summed E-state index contributed by atoms with van der Waals surface area (Å²) < 4.78 is 0. The van der Waals surface area contributed by atoms with Crippen LogP contribution >= 0.6 is 23.2 Å². The molecule has 0 fully saturated rings. The van der Waals surface area contributed by atoms with Crippen molar-refractivity contribution in [3.05, 3.63) is 80.8 Å². The van der Waals surface area contributed by atoms with E-state index in [4.69, 9.17) is 23.2 Å². The number of carbonyl (C=O) groups is 2. The Kier molecular flexibility index (Phi) is 8.82. The molecule has 8 heteroatoms. The number of Topliss-reactive ketones (excluding diaryl/α,β-unsaturated/α-hetero) is 2. The van der Waals surface area contributed by atoms with Crippen LogP contribution in [0.1, 0.15) is 22.5 Å². The van der Waals surface area contributed by atoms with Crippen LogP contribution in [0.25, 0.3) is 0 Å². The average molecular weight is 423 g/mol. The predicted octanol–water partition coefficient (Wildman–Crippen LogP) is 0.995. The Balaban J connectivity index is 0.000000217. The Labute approximate surface area is 173 Å². The van der Waals surface area contributed by atoms with Gasteiger partial charge in [-0.15, -0.1) is 0 Å². The van der Waals surface area contributed by atoms with Crippen LogP contribution in [0, 0.1) is 27.7 Å². The molecule has 6 nitrogen and oxygen atoms in total. The molecule has 1 aliphatic rings. The smallest absolute Gasteiger partial charge is 0.190 e. The second-order valence-electron chi connectivity index (χ2n) is 5.90. The fourth-order valence-corrected chi connectivity index (χ4v) is 2.16. The van der Waals surface area contributed by atoms with E-state index in [0.717, 1.165) is 0 Å². The first kappa shape index (κ1) is 23.3. The molecule has 2 aromatic heterocycles.